The summed E-state index contributed by atoms with van der Waals surface area (Å²) in [4.78, 5) is 21.1. The van der Waals surface area contributed by atoms with Crippen molar-refractivity contribution in [3.05, 3.63) is 78.2 Å². The van der Waals surface area contributed by atoms with Crippen LogP contribution in [-0.2, 0) is 14.8 Å². The molecular formula is C23H20N4O3S2. The van der Waals surface area contributed by atoms with Crippen molar-refractivity contribution >= 4 is 48.2 Å². The first-order chi connectivity index (χ1) is 15.4. The van der Waals surface area contributed by atoms with E-state index in [1.54, 1.807) is 48.7 Å². The van der Waals surface area contributed by atoms with Gasteiger partial charge in [0.15, 0.2) is 0 Å². The summed E-state index contributed by atoms with van der Waals surface area (Å²) in [6, 6.07) is 13.7. The van der Waals surface area contributed by atoms with Gasteiger partial charge in [-0.3, -0.25) is 14.5 Å². The van der Waals surface area contributed by atoms with E-state index in [0.717, 1.165) is 32.6 Å². The zero-order valence-corrected chi connectivity index (χ0v) is 18.8. The molecule has 3 heterocycles. The molecule has 1 aliphatic rings. The van der Waals surface area contributed by atoms with Crippen molar-refractivity contribution in [1.29, 1.82) is 0 Å². The summed E-state index contributed by atoms with van der Waals surface area (Å²) < 4.78 is 28.6. The number of benzene rings is 1. The smallest absolute Gasteiger partial charge is 0.263 e. The van der Waals surface area contributed by atoms with Crippen molar-refractivity contribution in [2.75, 3.05) is 10.0 Å². The SMILES string of the molecule is Cc1cncc2sc(NC(=O)C3CC3c3ccc(S(=O)(=O)Nc4ccccn4)cc3)cc12. The van der Waals surface area contributed by atoms with E-state index in [-0.39, 0.29) is 28.5 Å². The Bertz CT molecular complexity index is 1400. The van der Waals surface area contributed by atoms with E-state index in [1.165, 1.54) is 17.5 Å². The number of hydrogen-bond acceptors (Lipinski definition) is 6. The second kappa shape index (κ2) is 7.99. The quantitative estimate of drug-likeness (QED) is 0.436. The van der Waals surface area contributed by atoms with Gasteiger partial charge in [0.25, 0.3) is 10.0 Å². The third-order valence-corrected chi connectivity index (χ3v) is 7.90. The zero-order chi connectivity index (χ0) is 22.3. The molecule has 0 aliphatic heterocycles. The number of carbonyl (C=O) groups excluding carboxylic acids is 1. The van der Waals surface area contributed by atoms with Crippen LogP contribution < -0.4 is 10.0 Å². The zero-order valence-electron chi connectivity index (χ0n) is 17.1. The minimum atomic E-state index is -3.72. The highest BCUT2D eigenvalue weighted by atomic mass is 32.2. The fraction of sp³-hybridized carbons (Fsp3) is 0.174. The summed E-state index contributed by atoms with van der Waals surface area (Å²) in [5, 5.41) is 4.94. The minimum Gasteiger partial charge on any atom is -0.317 e. The van der Waals surface area contributed by atoms with Crippen molar-refractivity contribution in [2.45, 2.75) is 24.2 Å². The molecule has 32 heavy (non-hydrogen) atoms. The first kappa shape index (κ1) is 20.6. The van der Waals surface area contributed by atoms with Gasteiger partial charge < -0.3 is 5.32 Å². The number of nitrogens with zero attached hydrogens (tertiary/aromatic N) is 2. The molecule has 3 aromatic heterocycles. The van der Waals surface area contributed by atoms with Gasteiger partial charge in [-0.1, -0.05) is 18.2 Å². The second-order valence-electron chi connectivity index (χ2n) is 7.81. The van der Waals surface area contributed by atoms with Gasteiger partial charge in [-0.15, -0.1) is 11.3 Å². The van der Waals surface area contributed by atoms with Crippen molar-refractivity contribution in [3.8, 4) is 0 Å². The van der Waals surface area contributed by atoms with Crippen LogP contribution in [0.5, 0.6) is 0 Å². The first-order valence-corrected chi connectivity index (χ1v) is 12.4. The Balaban J connectivity index is 1.24. The number of nitrogens with one attached hydrogen (secondary N) is 2. The minimum absolute atomic E-state index is 0.0133. The van der Waals surface area contributed by atoms with Gasteiger partial charge in [0, 0.05) is 29.9 Å². The van der Waals surface area contributed by atoms with Gasteiger partial charge >= 0.3 is 0 Å². The van der Waals surface area contributed by atoms with Crippen molar-refractivity contribution in [3.63, 3.8) is 0 Å². The molecule has 162 valence electrons. The second-order valence-corrected chi connectivity index (χ2v) is 10.6. The third kappa shape index (κ3) is 4.09. The molecular weight excluding hydrogens is 444 g/mol. The normalized spacial score (nSPS) is 17.8. The van der Waals surface area contributed by atoms with Gasteiger partial charge in [0.05, 0.1) is 14.6 Å². The molecule has 2 atom stereocenters. The molecule has 1 amide bonds. The molecule has 0 saturated heterocycles. The lowest BCUT2D eigenvalue weighted by Crippen LogP contribution is -2.14. The Morgan fingerprint density at radius 1 is 1.12 bits per heavy atom. The number of hydrogen-bond donors (Lipinski definition) is 2. The van der Waals surface area contributed by atoms with Crippen molar-refractivity contribution in [1.82, 2.24) is 9.97 Å². The number of rotatable bonds is 6. The summed E-state index contributed by atoms with van der Waals surface area (Å²) in [7, 11) is -3.72. The number of carbonyl (C=O) groups is 1. The van der Waals surface area contributed by atoms with Crippen LogP contribution in [0.15, 0.2) is 72.0 Å². The number of anilines is 2. The lowest BCUT2D eigenvalue weighted by atomic mass is 10.1. The van der Waals surface area contributed by atoms with Crippen LogP contribution in [0.4, 0.5) is 10.8 Å². The predicted molar refractivity (Wildman–Crippen MR) is 125 cm³/mol. The summed E-state index contributed by atoms with van der Waals surface area (Å²) in [5.74, 6) is 0.227. The molecule has 0 spiro atoms. The van der Waals surface area contributed by atoms with Gasteiger partial charge in [0.2, 0.25) is 5.91 Å². The summed E-state index contributed by atoms with van der Waals surface area (Å²) >= 11 is 1.51. The molecule has 0 radical (unpaired) electrons. The highest BCUT2D eigenvalue weighted by Gasteiger charge is 2.44. The Morgan fingerprint density at radius 2 is 1.94 bits per heavy atom. The number of fused-ring (bicyclic) bond motifs is 1. The monoisotopic (exact) mass is 464 g/mol. The average molecular weight is 465 g/mol. The van der Waals surface area contributed by atoms with E-state index in [1.807, 2.05) is 19.2 Å². The van der Waals surface area contributed by atoms with E-state index >= 15 is 0 Å². The molecule has 9 heteroatoms. The van der Waals surface area contributed by atoms with Gasteiger partial charge in [-0.25, -0.2) is 13.4 Å². The lowest BCUT2D eigenvalue weighted by Gasteiger charge is -2.08. The van der Waals surface area contributed by atoms with E-state index in [2.05, 4.69) is 20.0 Å². The largest absolute Gasteiger partial charge is 0.317 e. The van der Waals surface area contributed by atoms with Crippen LogP contribution in [0.2, 0.25) is 0 Å². The van der Waals surface area contributed by atoms with Gasteiger partial charge in [-0.05, 0) is 60.7 Å². The number of sulfonamides is 1. The van der Waals surface area contributed by atoms with Crippen molar-refractivity contribution < 1.29 is 13.2 Å². The molecule has 0 bridgehead atoms. The molecule has 2 N–H and O–H groups in total. The maximum absolute atomic E-state index is 12.7. The molecule has 5 rings (SSSR count). The highest BCUT2D eigenvalue weighted by Crippen LogP contribution is 2.48. The molecule has 7 nitrogen and oxygen atoms in total. The molecule has 1 saturated carbocycles. The maximum atomic E-state index is 12.7. The van der Waals surface area contributed by atoms with Crippen LogP contribution in [0.25, 0.3) is 10.1 Å². The topological polar surface area (TPSA) is 101 Å². The molecule has 4 aromatic rings. The molecule has 1 aliphatic carbocycles. The van der Waals surface area contributed by atoms with E-state index in [9.17, 15) is 13.2 Å². The number of aryl methyl sites for hydroxylation is 1. The molecule has 1 aromatic carbocycles. The Morgan fingerprint density at radius 3 is 2.66 bits per heavy atom. The predicted octanol–water partition coefficient (Wildman–Crippen LogP) is 4.54. The van der Waals surface area contributed by atoms with Crippen LogP contribution in [0.1, 0.15) is 23.5 Å². The van der Waals surface area contributed by atoms with Crippen LogP contribution >= 0.6 is 11.3 Å². The van der Waals surface area contributed by atoms with Gasteiger partial charge in [0.1, 0.15) is 5.82 Å². The molecule has 1 fully saturated rings. The summed E-state index contributed by atoms with van der Waals surface area (Å²) in [6.07, 6.45) is 5.89. The molecule has 2 unspecified atom stereocenters. The van der Waals surface area contributed by atoms with Crippen LogP contribution in [-0.4, -0.2) is 24.3 Å². The number of pyridine rings is 2. The van der Waals surface area contributed by atoms with Crippen LogP contribution in [0.3, 0.4) is 0 Å². The lowest BCUT2D eigenvalue weighted by molar-refractivity contribution is -0.117. The number of aromatic nitrogens is 2. The number of amides is 1. The van der Waals surface area contributed by atoms with E-state index < -0.39 is 10.0 Å². The first-order valence-electron chi connectivity index (χ1n) is 10.1. The van der Waals surface area contributed by atoms with Crippen LogP contribution in [0, 0.1) is 12.8 Å². The van der Waals surface area contributed by atoms with E-state index in [0.29, 0.717) is 0 Å². The Hall–Kier alpha value is -3.30. The van der Waals surface area contributed by atoms with Gasteiger partial charge in [-0.2, -0.15) is 0 Å². The van der Waals surface area contributed by atoms with E-state index in [4.69, 9.17) is 0 Å². The third-order valence-electron chi connectivity index (χ3n) is 5.54. The maximum Gasteiger partial charge on any atom is 0.263 e. The Labute approximate surface area is 189 Å². The summed E-state index contributed by atoms with van der Waals surface area (Å²) in [5.41, 5.74) is 2.04. The highest BCUT2D eigenvalue weighted by molar-refractivity contribution is 7.92. The summed E-state index contributed by atoms with van der Waals surface area (Å²) in [6.45, 7) is 2.00. The standard InChI is InChI=1S/C23H20N4O3S2/c1-14-12-24-13-20-17(14)11-22(31-20)26-23(28)19-10-18(19)15-5-7-16(8-6-15)32(29,30)27-21-4-2-3-9-25-21/h2-9,11-13,18-19H,10H2,1H3,(H,25,27)(H,26,28). The average Bonchev–Trinajstić information content (AvgIpc) is 3.48. The fourth-order valence-corrected chi connectivity index (χ4v) is 5.76. The fourth-order valence-electron chi connectivity index (χ4n) is 3.74. The number of thiophene rings is 1. The van der Waals surface area contributed by atoms with Crippen molar-refractivity contribution in [2.24, 2.45) is 5.92 Å². The Kier molecular flexibility index (Phi) is 5.15.